The molecule has 0 radical (unpaired) electrons. The maximum Gasteiger partial charge on any atom is 0.0412 e. The number of hydrogen-bond donors (Lipinski definition) is 1. The van der Waals surface area contributed by atoms with Gasteiger partial charge in [0.25, 0.3) is 0 Å². The van der Waals surface area contributed by atoms with Crippen LogP contribution in [-0.4, -0.2) is 0 Å². The van der Waals surface area contributed by atoms with Crippen molar-refractivity contribution in [3.63, 3.8) is 0 Å². The zero-order chi connectivity index (χ0) is 10.7. The third-order valence-corrected chi connectivity index (χ3v) is 3.81. The van der Waals surface area contributed by atoms with Crippen molar-refractivity contribution in [2.24, 2.45) is 11.7 Å². The maximum atomic E-state index is 6.55. The van der Waals surface area contributed by atoms with Gasteiger partial charge in [0.15, 0.2) is 0 Å². The van der Waals surface area contributed by atoms with Crippen molar-refractivity contribution in [3.8, 4) is 0 Å². The molecule has 1 nitrogen and oxygen atoms in total. The van der Waals surface area contributed by atoms with Crippen molar-refractivity contribution in [1.82, 2.24) is 0 Å². The highest BCUT2D eigenvalue weighted by Gasteiger charge is 2.33. The van der Waals surface area contributed by atoms with E-state index in [1.54, 1.807) is 0 Å². The van der Waals surface area contributed by atoms with Gasteiger partial charge in [-0.05, 0) is 24.3 Å². The quantitative estimate of drug-likeness (QED) is 0.783. The first-order valence-electron chi connectivity index (χ1n) is 6.09. The van der Waals surface area contributed by atoms with Crippen LogP contribution in [0.1, 0.15) is 44.6 Å². The van der Waals surface area contributed by atoms with E-state index in [1.807, 2.05) is 0 Å². The van der Waals surface area contributed by atoms with Crippen molar-refractivity contribution in [1.29, 1.82) is 0 Å². The van der Waals surface area contributed by atoms with Crippen LogP contribution in [0.5, 0.6) is 0 Å². The molecule has 2 unspecified atom stereocenters. The first kappa shape index (κ1) is 10.7. The predicted octanol–water partition coefficient (Wildman–Crippen LogP) is 3.44. The van der Waals surface area contributed by atoms with Gasteiger partial charge in [-0.25, -0.2) is 0 Å². The fraction of sp³-hybridized carbons (Fsp3) is 0.571. The van der Waals surface area contributed by atoms with E-state index in [0.717, 1.165) is 18.8 Å². The number of nitrogens with two attached hydrogens (primary N) is 1. The lowest BCUT2D eigenvalue weighted by Crippen LogP contribution is -2.41. The van der Waals surface area contributed by atoms with Crippen LogP contribution < -0.4 is 5.73 Å². The lowest BCUT2D eigenvalue weighted by Gasteiger charge is -2.38. The molecule has 1 saturated carbocycles. The van der Waals surface area contributed by atoms with Crippen LogP contribution in [0.25, 0.3) is 0 Å². The summed E-state index contributed by atoms with van der Waals surface area (Å²) in [7, 11) is 0. The van der Waals surface area contributed by atoms with E-state index < -0.39 is 0 Å². The summed E-state index contributed by atoms with van der Waals surface area (Å²) in [5, 5.41) is 0. The Morgan fingerprint density at radius 3 is 2.73 bits per heavy atom. The van der Waals surface area contributed by atoms with E-state index in [1.165, 1.54) is 24.8 Å². The molecule has 1 fully saturated rings. The molecule has 1 aliphatic rings. The molecular formula is C14H21N. The van der Waals surface area contributed by atoms with Gasteiger partial charge in [0.05, 0.1) is 0 Å². The molecule has 0 aliphatic heterocycles. The fourth-order valence-corrected chi connectivity index (χ4v) is 2.81. The van der Waals surface area contributed by atoms with E-state index >= 15 is 0 Å². The molecule has 2 N–H and O–H groups in total. The van der Waals surface area contributed by atoms with Crippen LogP contribution in [0.3, 0.4) is 0 Å². The van der Waals surface area contributed by atoms with Crippen molar-refractivity contribution in [2.75, 3.05) is 0 Å². The van der Waals surface area contributed by atoms with E-state index in [4.69, 9.17) is 5.73 Å². The highest BCUT2D eigenvalue weighted by Crippen LogP contribution is 2.38. The second-order valence-corrected chi connectivity index (χ2v) is 4.89. The molecule has 1 aromatic carbocycles. The van der Waals surface area contributed by atoms with Gasteiger partial charge in [-0.3, -0.25) is 0 Å². The summed E-state index contributed by atoms with van der Waals surface area (Å²) in [6.07, 6.45) is 6.22. The minimum absolute atomic E-state index is 0.0554. The van der Waals surface area contributed by atoms with E-state index in [2.05, 4.69) is 37.3 Å². The average Bonchev–Trinajstić information content (AvgIpc) is 2.30. The maximum absolute atomic E-state index is 6.55. The Balaban J connectivity index is 2.19. The van der Waals surface area contributed by atoms with Crippen LogP contribution >= 0.6 is 0 Å². The summed E-state index contributed by atoms with van der Waals surface area (Å²) in [5.41, 5.74) is 7.81. The zero-order valence-electron chi connectivity index (χ0n) is 9.58. The van der Waals surface area contributed by atoms with Crippen LogP contribution in [-0.2, 0) is 5.54 Å². The van der Waals surface area contributed by atoms with Gasteiger partial charge in [0.1, 0.15) is 0 Å². The first-order valence-corrected chi connectivity index (χ1v) is 6.09. The van der Waals surface area contributed by atoms with Gasteiger partial charge in [0.2, 0.25) is 0 Å². The Bertz CT molecular complexity index is 306. The SMILES string of the molecule is CCC1CCCC(N)(c2ccccc2)C1. The van der Waals surface area contributed by atoms with E-state index in [0.29, 0.717) is 0 Å². The Morgan fingerprint density at radius 1 is 1.33 bits per heavy atom. The molecule has 1 heteroatoms. The molecule has 0 saturated heterocycles. The molecule has 1 aromatic rings. The minimum atomic E-state index is -0.0554. The second-order valence-electron chi connectivity index (χ2n) is 4.89. The van der Waals surface area contributed by atoms with Crippen molar-refractivity contribution < 1.29 is 0 Å². The monoisotopic (exact) mass is 203 g/mol. The molecule has 82 valence electrons. The largest absolute Gasteiger partial charge is 0.321 e. The van der Waals surface area contributed by atoms with E-state index in [-0.39, 0.29) is 5.54 Å². The van der Waals surface area contributed by atoms with Gasteiger partial charge < -0.3 is 5.73 Å². The van der Waals surface area contributed by atoms with Crippen molar-refractivity contribution >= 4 is 0 Å². The summed E-state index contributed by atoms with van der Waals surface area (Å²) in [4.78, 5) is 0. The molecular weight excluding hydrogens is 182 g/mol. The van der Waals surface area contributed by atoms with Crippen molar-refractivity contribution in [2.45, 2.75) is 44.6 Å². The lowest BCUT2D eigenvalue weighted by molar-refractivity contribution is 0.221. The highest BCUT2D eigenvalue weighted by atomic mass is 14.7. The third-order valence-electron chi connectivity index (χ3n) is 3.81. The van der Waals surface area contributed by atoms with Crippen LogP contribution in [0.15, 0.2) is 30.3 Å². The molecule has 0 heterocycles. The molecule has 2 atom stereocenters. The summed E-state index contributed by atoms with van der Waals surface area (Å²) >= 11 is 0. The van der Waals surface area contributed by atoms with Gasteiger partial charge >= 0.3 is 0 Å². The summed E-state index contributed by atoms with van der Waals surface area (Å²) < 4.78 is 0. The van der Waals surface area contributed by atoms with Crippen LogP contribution in [0.2, 0.25) is 0 Å². The molecule has 0 bridgehead atoms. The van der Waals surface area contributed by atoms with Gasteiger partial charge in [0, 0.05) is 5.54 Å². The molecule has 0 aromatic heterocycles. The zero-order valence-corrected chi connectivity index (χ0v) is 9.58. The molecule has 1 aliphatic carbocycles. The third kappa shape index (κ3) is 2.23. The highest BCUT2D eigenvalue weighted by molar-refractivity contribution is 5.24. The predicted molar refractivity (Wildman–Crippen MR) is 64.6 cm³/mol. The standard InChI is InChI=1S/C14H21N/c1-2-12-7-6-10-14(15,11-12)13-8-4-3-5-9-13/h3-5,8-9,12H,2,6-7,10-11,15H2,1H3. The summed E-state index contributed by atoms with van der Waals surface area (Å²) in [5.74, 6) is 0.823. The Hall–Kier alpha value is -0.820. The van der Waals surface area contributed by atoms with Gasteiger partial charge in [-0.15, -0.1) is 0 Å². The average molecular weight is 203 g/mol. The van der Waals surface area contributed by atoms with Crippen LogP contribution in [0, 0.1) is 5.92 Å². The van der Waals surface area contributed by atoms with Gasteiger partial charge in [-0.1, -0.05) is 56.5 Å². The first-order chi connectivity index (χ1) is 7.24. The normalized spacial score (nSPS) is 31.5. The Morgan fingerprint density at radius 2 is 2.07 bits per heavy atom. The Labute approximate surface area is 92.7 Å². The molecule has 0 spiro atoms. The minimum Gasteiger partial charge on any atom is -0.321 e. The fourth-order valence-electron chi connectivity index (χ4n) is 2.81. The number of hydrogen-bond acceptors (Lipinski definition) is 1. The van der Waals surface area contributed by atoms with E-state index in [9.17, 15) is 0 Å². The number of rotatable bonds is 2. The topological polar surface area (TPSA) is 26.0 Å². The molecule has 0 amide bonds. The Kier molecular flexibility index (Phi) is 3.11. The lowest BCUT2D eigenvalue weighted by atomic mass is 9.72. The molecule has 15 heavy (non-hydrogen) atoms. The second kappa shape index (κ2) is 4.36. The summed E-state index contributed by atoms with van der Waals surface area (Å²) in [6, 6.07) is 10.6. The smallest absolute Gasteiger partial charge is 0.0412 e. The number of benzene rings is 1. The summed E-state index contributed by atoms with van der Waals surface area (Å²) in [6.45, 7) is 2.28. The van der Waals surface area contributed by atoms with Crippen LogP contribution in [0.4, 0.5) is 0 Å². The molecule has 2 rings (SSSR count). The van der Waals surface area contributed by atoms with Gasteiger partial charge in [-0.2, -0.15) is 0 Å². The van der Waals surface area contributed by atoms with Crippen molar-refractivity contribution in [3.05, 3.63) is 35.9 Å².